The molecule has 2 rings (SSSR count). The van der Waals surface area contributed by atoms with Gasteiger partial charge in [0.05, 0.1) is 12.0 Å². The van der Waals surface area contributed by atoms with Crippen molar-refractivity contribution >= 4 is 5.69 Å². The molecule has 0 N–H and O–H groups in total. The number of methoxy groups -OCH3 is 1. The zero-order chi connectivity index (χ0) is 14.5. The highest BCUT2D eigenvalue weighted by Gasteiger charge is 2.18. The number of benzene rings is 1. The Morgan fingerprint density at radius 3 is 2.65 bits per heavy atom. The summed E-state index contributed by atoms with van der Waals surface area (Å²) < 4.78 is 10.7. The number of rotatable bonds is 5. The monoisotopic (exact) mass is 274 g/mol. The average molecular weight is 274 g/mol. The summed E-state index contributed by atoms with van der Waals surface area (Å²) in [5.74, 6) is 0.844. The van der Waals surface area contributed by atoms with E-state index < -0.39 is 4.92 Å². The van der Waals surface area contributed by atoms with Gasteiger partial charge < -0.3 is 9.47 Å². The molecule has 1 heterocycles. The first-order valence-electron chi connectivity index (χ1n) is 5.98. The molecule has 6 heteroatoms. The third-order valence-electron chi connectivity index (χ3n) is 2.75. The fourth-order valence-corrected chi connectivity index (χ4v) is 1.81. The van der Waals surface area contributed by atoms with Crippen LogP contribution in [0.15, 0.2) is 36.4 Å². The largest absolute Gasteiger partial charge is 0.496 e. The number of pyridine rings is 1. The van der Waals surface area contributed by atoms with E-state index in [0.717, 1.165) is 5.69 Å². The van der Waals surface area contributed by atoms with E-state index >= 15 is 0 Å². The molecule has 0 unspecified atom stereocenters. The van der Waals surface area contributed by atoms with Crippen LogP contribution in [0.4, 0.5) is 5.69 Å². The second kappa shape index (κ2) is 6.01. The van der Waals surface area contributed by atoms with Crippen molar-refractivity contribution in [3.8, 4) is 11.6 Å². The molecule has 0 radical (unpaired) electrons. The minimum atomic E-state index is -0.453. The van der Waals surface area contributed by atoms with Crippen molar-refractivity contribution < 1.29 is 14.4 Å². The molecule has 0 atom stereocenters. The summed E-state index contributed by atoms with van der Waals surface area (Å²) in [5.41, 5.74) is 1.18. The predicted molar refractivity (Wildman–Crippen MR) is 73.0 cm³/mol. The van der Waals surface area contributed by atoms with Crippen molar-refractivity contribution in [3.05, 3.63) is 57.8 Å². The van der Waals surface area contributed by atoms with Crippen molar-refractivity contribution in [2.75, 3.05) is 7.11 Å². The van der Waals surface area contributed by atoms with Gasteiger partial charge in [-0.1, -0.05) is 12.1 Å². The predicted octanol–water partition coefficient (Wildman–Crippen LogP) is 2.89. The maximum Gasteiger partial charge on any atom is 0.279 e. The summed E-state index contributed by atoms with van der Waals surface area (Å²) in [6, 6.07) is 10.0. The molecular weight excluding hydrogens is 260 g/mol. The number of hydrogen-bond acceptors (Lipinski definition) is 5. The van der Waals surface area contributed by atoms with Gasteiger partial charge in [-0.3, -0.25) is 10.1 Å². The van der Waals surface area contributed by atoms with E-state index in [1.807, 2.05) is 19.1 Å². The van der Waals surface area contributed by atoms with Gasteiger partial charge in [-0.2, -0.15) is 0 Å². The summed E-state index contributed by atoms with van der Waals surface area (Å²) >= 11 is 0. The number of ether oxygens (including phenoxy) is 2. The molecule has 0 amide bonds. The highest BCUT2D eigenvalue weighted by atomic mass is 16.6. The Morgan fingerprint density at radius 1 is 1.25 bits per heavy atom. The van der Waals surface area contributed by atoms with Crippen LogP contribution in [-0.4, -0.2) is 17.0 Å². The molecule has 0 aliphatic rings. The fourth-order valence-electron chi connectivity index (χ4n) is 1.81. The molecule has 0 saturated carbocycles. The van der Waals surface area contributed by atoms with Gasteiger partial charge in [0, 0.05) is 17.8 Å². The number of aromatic nitrogens is 1. The molecule has 1 aromatic carbocycles. The van der Waals surface area contributed by atoms with E-state index in [4.69, 9.17) is 9.47 Å². The maximum atomic E-state index is 11.0. The SMILES string of the molecule is COc1cccc([N+](=O)[O-])c1COc1cccc(C)n1. The van der Waals surface area contributed by atoms with Gasteiger partial charge in [-0.25, -0.2) is 4.98 Å². The van der Waals surface area contributed by atoms with Crippen LogP contribution in [0.2, 0.25) is 0 Å². The third-order valence-corrected chi connectivity index (χ3v) is 2.75. The van der Waals surface area contributed by atoms with Crippen LogP contribution in [0.25, 0.3) is 0 Å². The van der Waals surface area contributed by atoms with E-state index in [0.29, 0.717) is 17.2 Å². The zero-order valence-electron chi connectivity index (χ0n) is 11.2. The second-order valence-corrected chi connectivity index (χ2v) is 4.12. The standard InChI is InChI=1S/C14H14N2O4/c1-10-5-3-8-14(15-10)20-9-11-12(16(17)18)6-4-7-13(11)19-2/h3-8H,9H2,1-2H3. The lowest BCUT2D eigenvalue weighted by Crippen LogP contribution is -2.04. The smallest absolute Gasteiger partial charge is 0.279 e. The van der Waals surface area contributed by atoms with Crippen molar-refractivity contribution in [1.82, 2.24) is 4.98 Å². The fraction of sp³-hybridized carbons (Fsp3) is 0.214. The molecule has 20 heavy (non-hydrogen) atoms. The minimum absolute atomic E-state index is 0.0246. The lowest BCUT2D eigenvalue weighted by molar-refractivity contribution is -0.385. The van der Waals surface area contributed by atoms with Gasteiger partial charge in [0.25, 0.3) is 5.69 Å². The van der Waals surface area contributed by atoms with Gasteiger partial charge in [-0.15, -0.1) is 0 Å². The molecular formula is C14H14N2O4. The first kappa shape index (κ1) is 13.8. The Labute approximate surface area is 116 Å². The van der Waals surface area contributed by atoms with Crippen molar-refractivity contribution in [1.29, 1.82) is 0 Å². The minimum Gasteiger partial charge on any atom is -0.496 e. The van der Waals surface area contributed by atoms with Crippen LogP contribution >= 0.6 is 0 Å². The Hall–Kier alpha value is -2.63. The van der Waals surface area contributed by atoms with E-state index in [2.05, 4.69) is 4.98 Å². The van der Waals surface area contributed by atoms with Gasteiger partial charge in [0.2, 0.25) is 5.88 Å². The molecule has 0 spiro atoms. The molecule has 0 aliphatic heterocycles. The molecule has 1 aromatic heterocycles. The Bertz CT molecular complexity index is 628. The van der Waals surface area contributed by atoms with Crippen molar-refractivity contribution in [2.45, 2.75) is 13.5 Å². The summed E-state index contributed by atoms with van der Waals surface area (Å²) in [7, 11) is 1.47. The number of nitro benzene ring substituents is 1. The van der Waals surface area contributed by atoms with Crippen LogP contribution in [0, 0.1) is 17.0 Å². The summed E-state index contributed by atoms with van der Waals surface area (Å²) in [4.78, 5) is 14.8. The topological polar surface area (TPSA) is 74.5 Å². The Morgan fingerprint density at radius 2 is 2.00 bits per heavy atom. The number of nitro groups is 1. The molecule has 0 bridgehead atoms. The molecule has 104 valence electrons. The Balaban J connectivity index is 2.26. The molecule has 6 nitrogen and oxygen atoms in total. The van der Waals surface area contributed by atoms with E-state index in [1.165, 1.54) is 13.2 Å². The third kappa shape index (κ3) is 3.03. The zero-order valence-corrected chi connectivity index (χ0v) is 11.2. The summed E-state index contributed by atoms with van der Waals surface area (Å²) in [5, 5.41) is 11.0. The van der Waals surface area contributed by atoms with E-state index in [9.17, 15) is 10.1 Å². The van der Waals surface area contributed by atoms with Crippen LogP contribution < -0.4 is 9.47 Å². The Kier molecular flexibility index (Phi) is 4.14. The summed E-state index contributed by atoms with van der Waals surface area (Å²) in [6.45, 7) is 1.87. The van der Waals surface area contributed by atoms with Crippen LogP contribution in [0.1, 0.15) is 11.3 Å². The normalized spacial score (nSPS) is 10.1. The quantitative estimate of drug-likeness (QED) is 0.619. The first-order valence-corrected chi connectivity index (χ1v) is 5.98. The van der Waals surface area contributed by atoms with Crippen LogP contribution in [0.5, 0.6) is 11.6 Å². The van der Waals surface area contributed by atoms with Gasteiger partial charge in [0.15, 0.2) is 0 Å². The van der Waals surface area contributed by atoms with Crippen LogP contribution in [0.3, 0.4) is 0 Å². The number of nitrogens with zero attached hydrogens (tertiary/aromatic N) is 2. The van der Waals surface area contributed by atoms with E-state index in [-0.39, 0.29) is 12.3 Å². The lowest BCUT2D eigenvalue weighted by atomic mass is 10.1. The summed E-state index contributed by atoms with van der Waals surface area (Å²) in [6.07, 6.45) is 0. The molecule has 0 aliphatic carbocycles. The average Bonchev–Trinajstić information content (AvgIpc) is 2.44. The van der Waals surface area contributed by atoms with Gasteiger partial charge in [0.1, 0.15) is 17.9 Å². The van der Waals surface area contributed by atoms with Crippen molar-refractivity contribution in [2.24, 2.45) is 0 Å². The second-order valence-electron chi connectivity index (χ2n) is 4.12. The molecule has 2 aromatic rings. The number of hydrogen-bond donors (Lipinski definition) is 0. The van der Waals surface area contributed by atoms with Crippen molar-refractivity contribution in [3.63, 3.8) is 0 Å². The number of aryl methyl sites for hydroxylation is 1. The molecule has 0 saturated heterocycles. The first-order chi connectivity index (χ1) is 9.61. The highest BCUT2D eigenvalue weighted by Crippen LogP contribution is 2.29. The van der Waals surface area contributed by atoms with Crippen LogP contribution in [-0.2, 0) is 6.61 Å². The molecule has 0 fully saturated rings. The van der Waals surface area contributed by atoms with Gasteiger partial charge in [-0.05, 0) is 19.1 Å². The maximum absolute atomic E-state index is 11.0. The van der Waals surface area contributed by atoms with Gasteiger partial charge >= 0.3 is 0 Å². The van der Waals surface area contributed by atoms with E-state index in [1.54, 1.807) is 18.2 Å². The lowest BCUT2D eigenvalue weighted by Gasteiger charge is -2.10. The highest BCUT2D eigenvalue weighted by molar-refractivity contribution is 5.49.